The third kappa shape index (κ3) is 6.79. The van der Waals surface area contributed by atoms with Gasteiger partial charge in [-0.15, -0.1) is 0 Å². The number of rotatable bonds is 10. The molecular formula is C19H20NO8PS. The maximum atomic E-state index is 11.5. The van der Waals surface area contributed by atoms with Crippen LogP contribution in [0, 0.1) is 5.92 Å². The van der Waals surface area contributed by atoms with Gasteiger partial charge in [-0.25, -0.2) is 14.8 Å². The summed E-state index contributed by atoms with van der Waals surface area (Å²) in [5.74, 6) is -3.81. The molecule has 2 aromatic rings. The van der Waals surface area contributed by atoms with Crippen LogP contribution in [-0.4, -0.2) is 52.3 Å². The molecule has 0 aliphatic carbocycles. The Balaban J connectivity index is 2.43. The molecule has 9 nitrogen and oxygen atoms in total. The van der Waals surface area contributed by atoms with Gasteiger partial charge in [0, 0.05) is 16.9 Å². The molecule has 2 rings (SSSR count). The van der Waals surface area contributed by atoms with Crippen LogP contribution in [0.3, 0.4) is 0 Å². The summed E-state index contributed by atoms with van der Waals surface area (Å²) in [4.78, 5) is 48.3. The molecule has 4 N–H and O–H groups in total. The molecule has 2 aromatic carbocycles. The van der Waals surface area contributed by atoms with E-state index in [1.807, 2.05) is 0 Å². The van der Waals surface area contributed by atoms with Gasteiger partial charge in [-0.1, -0.05) is 18.2 Å². The van der Waals surface area contributed by atoms with Crippen molar-refractivity contribution in [2.45, 2.75) is 17.7 Å². The predicted molar refractivity (Wildman–Crippen MR) is 110 cm³/mol. The topological polar surface area (TPSA) is 168 Å². The zero-order chi connectivity index (χ0) is 22.3. The summed E-state index contributed by atoms with van der Waals surface area (Å²) in [6.07, 6.45) is -1.27. The number of carboxylic acids is 2. The van der Waals surface area contributed by atoms with Gasteiger partial charge in [-0.3, -0.25) is 13.8 Å². The zero-order valence-corrected chi connectivity index (χ0v) is 17.3. The molecular weight excluding hydrogens is 433 g/mol. The van der Waals surface area contributed by atoms with Crippen LogP contribution in [0.4, 0.5) is 5.69 Å². The highest BCUT2D eigenvalue weighted by molar-refractivity contribution is 7.82. The molecule has 160 valence electrons. The molecule has 0 radical (unpaired) electrons. The van der Waals surface area contributed by atoms with E-state index in [1.54, 1.807) is 30.3 Å². The molecule has 0 saturated carbocycles. The summed E-state index contributed by atoms with van der Waals surface area (Å²) in [5.41, 5.74) is 0.461. The number of hydrogen-bond donors (Lipinski definition) is 4. The first-order chi connectivity index (χ1) is 14.1. The van der Waals surface area contributed by atoms with E-state index in [0.717, 1.165) is 0 Å². The minimum absolute atomic E-state index is 0.0314. The average Bonchev–Trinajstić information content (AvgIpc) is 2.69. The van der Waals surface area contributed by atoms with Crippen molar-refractivity contribution >= 4 is 41.9 Å². The van der Waals surface area contributed by atoms with Crippen molar-refractivity contribution in [2.75, 3.05) is 6.16 Å². The molecule has 30 heavy (non-hydrogen) atoms. The van der Waals surface area contributed by atoms with E-state index in [-0.39, 0.29) is 22.5 Å². The molecule has 0 bridgehead atoms. The number of aliphatic imine (C=N–C) groups is 1. The Morgan fingerprint density at radius 3 is 2.13 bits per heavy atom. The van der Waals surface area contributed by atoms with Crippen molar-refractivity contribution in [1.29, 1.82) is 0 Å². The number of aliphatic carboxylic acids is 2. The Morgan fingerprint density at radius 2 is 1.63 bits per heavy atom. The van der Waals surface area contributed by atoms with E-state index in [2.05, 4.69) is 4.99 Å². The molecule has 2 unspecified atom stereocenters. The minimum Gasteiger partial charge on any atom is -0.768 e. The second-order valence-electron chi connectivity index (χ2n) is 6.41. The van der Waals surface area contributed by atoms with Crippen LogP contribution >= 0.6 is 7.72 Å². The average molecular weight is 453 g/mol. The monoisotopic (exact) mass is 453 g/mol. The largest absolute Gasteiger partial charge is 0.768 e. The molecule has 2 atom stereocenters. The van der Waals surface area contributed by atoms with Crippen LogP contribution in [0.15, 0.2) is 64.5 Å². The highest BCUT2D eigenvalue weighted by Gasteiger charge is 2.46. The number of benzene rings is 2. The van der Waals surface area contributed by atoms with E-state index in [1.165, 1.54) is 24.3 Å². The standard InChI is InChI=1S/C19H20NO8PS/c21-17(22)11-6-14(19(23)24)12-29(25,26)18(13-4-2-1-3-5-13)20-15-7-9-16(10-8-15)30(27)28/h1-5,7-10,14,25-26H,6,11-12H2,(H2-,21,22,23,24,27,28). The van der Waals surface area contributed by atoms with Gasteiger partial charge in [0.2, 0.25) is 5.45 Å². The zero-order valence-electron chi connectivity index (χ0n) is 15.6. The van der Waals surface area contributed by atoms with Crippen molar-refractivity contribution in [3.05, 3.63) is 60.2 Å². The molecule has 0 saturated heterocycles. The molecule has 0 heterocycles. The normalized spacial score (nSPS) is 14.2. The molecule has 0 amide bonds. The lowest BCUT2D eigenvalue weighted by Gasteiger charge is -2.18. The van der Waals surface area contributed by atoms with E-state index in [4.69, 9.17) is 5.11 Å². The Bertz CT molecular complexity index is 947. The van der Waals surface area contributed by atoms with Crippen molar-refractivity contribution < 1.29 is 38.4 Å². The highest BCUT2D eigenvalue weighted by atomic mass is 32.2. The van der Waals surface area contributed by atoms with Crippen LogP contribution in [0.1, 0.15) is 18.4 Å². The van der Waals surface area contributed by atoms with Gasteiger partial charge < -0.3 is 14.8 Å². The molecule has 0 fully saturated rings. The summed E-state index contributed by atoms with van der Waals surface area (Å²) < 4.78 is 22.0. The van der Waals surface area contributed by atoms with E-state index in [9.17, 15) is 33.2 Å². The maximum Gasteiger partial charge on any atom is 0.320 e. The Labute approximate surface area is 175 Å². The second-order valence-corrected chi connectivity index (χ2v) is 9.60. The summed E-state index contributed by atoms with van der Waals surface area (Å²) in [5, 5.41) is 18.2. The van der Waals surface area contributed by atoms with E-state index in [0.29, 0.717) is 5.56 Å². The van der Waals surface area contributed by atoms with Gasteiger partial charge in [0.1, 0.15) is 6.16 Å². The maximum absolute atomic E-state index is 11.5. The summed E-state index contributed by atoms with van der Waals surface area (Å²) >= 11 is -2.43. The molecule has 11 heteroatoms. The van der Waals surface area contributed by atoms with Gasteiger partial charge in [0.05, 0.1) is 11.6 Å². The van der Waals surface area contributed by atoms with Crippen LogP contribution in [-0.2, 0) is 20.7 Å². The number of nitrogens with zero attached hydrogens (tertiary/aromatic N) is 1. The van der Waals surface area contributed by atoms with Gasteiger partial charge in [-0.05, 0) is 53.9 Å². The van der Waals surface area contributed by atoms with Gasteiger partial charge >= 0.3 is 19.7 Å². The summed E-state index contributed by atoms with van der Waals surface area (Å²) in [6, 6.07) is 13.5. The Kier molecular flexibility index (Phi) is 8.33. The van der Waals surface area contributed by atoms with Gasteiger partial charge in [0.25, 0.3) is 0 Å². The van der Waals surface area contributed by atoms with Gasteiger partial charge in [0.15, 0.2) is 0 Å². The fourth-order valence-electron chi connectivity index (χ4n) is 2.68. The van der Waals surface area contributed by atoms with E-state index >= 15 is 0 Å². The predicted octanol–water partition coefficient (Wildman–Crippen LogP) is 2.40. The number of hydrogen-bond acceptors (Lipinski definition) is 7. The fourth-order valence-corrected chi connectivity index (χ4v) is 5.00. The number of carboxylic acid groups (broad SMARTS) is 2. The number of carbonyl (C=O) groups is 2. The van der Waals surface area contributed by atoms with Crippen LogP contribution in [0.2, 0.25) is 0 Å². The van der Waals surface area contributed by atoms with Crippen LogP contribution < -0.4 is 0 Å². The summed E-state index contributed by atoms with van der Waals surface area (Å²) in [7, 11) is -4.09. The lowest BCUT2D eigenvalue weighted by atomic mass is 10.1. The lowest BCUT2D eigenvalue weighted by Crippen LogP contribution is -2.24. The fraction of sp³-hybridized carbons (Fsp3) is 0.211. The Morgan fingerprint density at radius 1 is 1.03 bits per heavy atom. The third-order valence-corrected chi connectivity index (χ3v) is 6.81. The van der Waals surface area contributed by atoms with Crippen LogP contribution in [0.5, 0.6) is 0 Å². The van der Waals surface area contributed by atoms with Crippen molar-refractivity contribution in [2.24, 2.45) is 10.9 Å². The smallest absolute Gasteiger partial charge is 0.320 e. The quantitative estimate of drug-likeness (QED) is 0.242. The first-order valence-corrected chi connectivity index (χ1v) is 11.7. The highest BCUT2D eigenvalue weighted by Crippen LogP contribution is 2.56. The lowest BCUT2D eigenvalue weighted by molar-refractivity contribution is -0.142. The molecule has 0 aliphatic heterocycles. The first-order valence-electron chi connectivity index (χ1n) is 8.72. The van der Waals surface area contributed by atoms with Crippen LogP contribution in [0.25, 0.3) is 0 Å². The van der Waals surface area contributed by atoms with E-state index < -0.39 is 49.2 Å². The van der Waals surface area contributed by atoms with Crippen molar-refractivity contribution in [1.82, 2.24) is 0 Å². The summed E-state index contributed by atoms with van der Waals surface area (Å²) in [6.45, 7) is 0. The van der Waals surface area contributed by atoms with Crippen molar-refractivity contribution in [3.63, 3.8) is 0 Å². The molecule has 0 aliphatic rings. The third-order valence-electron chi connectivity index (χ3n) is 4.17. The van der Waals surface area contributed by atoms with Gasteiger partial charge in [-0.2, -0.15) is 0 Å². The second kappa shape index (κ2) is 10.5. The SMILES string of the molecule is O=C(O)CCC(C[P+](O)(O)C(=Nc1ccc(S(=O)[O-])cc1)c1ccccc1)C(=O)O. The molecule has 0 spiro atoms. The van der Waals surface area contributed by atoms with Crippen molar-refractivity contribution in [3.8, 4) is 0 Å². The Hall–Kier alpha value is -2.49. The molecule has 0 aromatic heterocycles. The minimum atomic E-state index is -4.09. The first kappa shape index (κ1) is 23.8.